The van der Waals surface area contributed by atoms with Gasteiger partial charge in [-0.1, -0.05) is 84.9 Å². The summed E-state index contributed by atoms with van der Waals surface area (Å²) in [6.07, 6.45) is 0. The fourth-order valence-corrected chi connectivity index (χ4v) is 5.02. The Morgan fingerprint density at radius 1 is 0.441 bits per heavy atom. The van der Waals surface area contributed by atoms with Crippen LogP contribution in [0.3, 0.4) is 0 Å². The lowest BCUT2D eigenvalue weighted by atomic mass is 10.2. The van der Waals surface area contributed by atoms with E-state index in [0.717, 1.165) is 33.8 Å². The number of hydrogen-bond acceptors (Lipinski definition) is 1. The third kappa shape index (κ3) is 2.81. The highest BCUT2D eigenvalue weighted by molar-refractivity contribution is 6.09. The van der Waals surface area contributed by atoms with Crippen LogP contribution in [0.2, 0.25) is 0 Å². The minimum absolute atomic E-state index is 0.946. The van der Waals surface area contributed by atoms with Crippen LogP contribution >= 0.6 is 0 Å². The number of rotatable bonds is 3. The first kappa shape index (κ1) is 18.9. The zero-order valence-electron chi connectivity index (χ0n) is 18.5. The van der Waals surface area contributed by atoms with Gasteiger partial charge in [0, 0.05) is 27.7 Å². The quantitative estimate of drug-likeness (QED) is 0.278. The molecule has 2 aromatic heterocycles. The molecule has 3 heteroatoms. The molecule has 0 unspecified atom stereocenters. The Labute approximate surface area is 197 Å². The lowest BCUT2D eigenvalue weighted by Gasteiger charge is -2.11. The van der Waals surface area contributed by atoms with Crippen LogP contribution in [0.25, 0.3) is 55.6 Å². The van der Waals surface area contributed by atoms with E-state index in [1.165, 1.54) is 21.8 Å². The minimum Gasteiger partial charge on any atom is -0.309 e. The summed E-state index contributed by atoms with van der Waals surface area (Å²) in [5, 5.41) is 2.53. The van der Waals surface area contributed by atoms with Crippen molar-refractivity contribution >= 4 is 32.8 Å². The normalized spacial score (nSPS) is 11.5. The van der Waals surface area contributed by atoms with Gasteiger partial charge in [0.25, 0.3) is 0 Å². The summed E-state index contributed by atoms with van der Waals surface area (Å²) >= 11 is 0. The molecule has 0 aliphatic rings. The number of benzene rings is 5. The van der Waals surface area contributed by atoms with Crippen molar-refractivity contribution in [3.8, 4) is 22.8 Å². The van der Waals surface area contributed by atoms with Crippen molar-refractivity contribution in [3.63, 3.8) is 0 Å². The van der Waals surface area contributed by atoms with Crippen LogP contribution in [0.15, 0.2) is 127 Å². The van der Waals surface area contributed by atoms with E-state index in [2.05, 4.69) is 124 Å². The summed E-state index contributed by atoms with van der Waals surface area (Å²) in [6.45, 7) is 0. The van der Waals surface area contributed by atoms with Gasteiger partial charge in [-0.05, 0) is 42.5 Å². The highest BCUT2D eigenvalue weighted by atomic mass is 15.1. The standard InChI is InChI=1S/C31H21N3/c1-3-11-22(12-4-1)31-32-27-20-19-24(21-30(27)34(31)23-13-5-2-6-14-23)33-28-17-9-7-15-25(28)26-16-8-10-18-29(26)33/h1-21H. The zero-order chi connectivity index (χ0) is 22.5. The number of fused-ring (bicyclic) bond motifs is 4. The van der Waals surface area contributed by atoms with Gasteiger partial charge >= 0.3 is 0 Å². The molecule has 0 aliphatic heterocycles. The molecule has 160 valence electrons. The van der Waals surface area contributed by atoms with Crippen LogP contribution in [0.1, 0.15) is 0 Å². The molecule has 0 N–H and O–H groups in total. The highest BCUT2D eigenvalue weighted by Gasteiger charge is 2.17. The molecule has 7 aromatic rings. The third-order valence-corrected chi connectivity index (χ3v) is 6.52. The maximum Gasteiger partial charge on any atom is 0.145 e. The summed E-state index contributed by atoms with van der Waals surface area (Å²) in [6, 6.07) is 44.7. The number of hydrogen-bond donors (Lipinski definition) is 0. The summed E-state index contributed by atoms with van der Waals surface area (Å²) in [5.74, 6) is 0.946. The highest BCUT2D eigenvalue weighted by Crippen LogP contribution is 2.34. The molecule has 2 heterocycles. The Hall–Kier alpha value is -4.63. The van der Waals surface area contributed by atoms with Gasteiger partial charge in [0.1, 0.15) is 5.82 Å². The summed E-state index contributed by atoms with van der Waals surface area (Å²) < 4.78 is 4.62. The number of imidazole rings is 1. The second kappa shape index (κ2) is 7.46. The first-order valence-electron chi connectivity index (χ1n) is 11.5. The van der Waals surface area contributed by atoms with Gasteiger partial charge in [-0.15, -0.1) is 0 Å². The number of nitrogens with zero attached hydrogens (tertiary/aromatic N) is 3. The lowest BCUT2D eigenvalue weighted by Crippen LogP contribution is -1.98. The number of aromatic nitrogens is 3. The Balaban J connectivity index is 1.56. The number of para-hydroxylation sites is 3. The third-order valence-electron chi connectivity index (χ3n) is 6.52. The molecule has 0 bridgehead atoms. The average Bonchev–Trinajstić information content (AvgIpc) is 3.45. The van der Waals surface area contributed by atoms with E-state index in [-0.39, 0.29) is 0 Å². The van der Waals surface area contributed by atoms with Crippen molar-refractivity contribution in [2.24, 2.45) is 0 Å². The van der Waals surface area contributed by atoms with Crippen LogP contribution in [0, 0.1) is 0 Å². The van der Waals surface area contributed by atoms with Gasteiger partial charge in [-0.25, -0.2) is 4.98 Å². The molecule has 0 saturated heterocycles. The Kier molecular flexibility index (Phi) is 4.15. The maximum absolute atomic E-state index is 5.06. The van der Waals surface area contributed by atoms with Crippen molar-refractivity contribution < 1.29 is 0 Å². The topological polar surface area (TPSA) is 22.8 Å². The lowest BCUT2D eigenvalue weighted by molar-refractivity contribution is 1.10. The first-order valence-corrected chi connectivity index (χ1v) is 11.5. The van der Waals surface area contributed by atoms with E-state index >= 15 is 0 Å². The van der Waals surface area contributed by atoms with Crippen LogP contribution in [0.4, 0.5) is 0 Å². The molecular formula is C31H21N3. The summed E-state index contributed by atoms with van der Waals surface area (Å²) in [5.41, 5.74) is 7.80. The van der Waals surface area contributed by atoms with E-state index in [1.807, 2.05) is 12.1 Å². The molecule has 0 aliphatic carbocycles. The molecule has 3 nitrogen and oxygen atoms in total. The SMILES string of the molecule is c1ccc(-c2nc3ccc(-n4c5ccccc5c5ccccc54)cc3n2-c2ccccc2)cc1. The van der Waals surface area contributed by atoms with E-state index in [9.17, 15) is 0 Å². The molecule has 0 radical (unpaired) electrons. The molecule has 34 heavy (non-hydrogen) atoms. The second-order valence-electron chi connectivity index (χ2n) is 8.52. The minimum atomic E-state index is 0.946. The van der Waals surface area contributed by atoms with E-state index in [4.69, 9.17) is 4.98 Å². The van der Waals surface area contributed by atoms with Gasteiger partial charge in [0.2, 0.25) is 0 Å². The maximum atomic E-state index is 5.06. The fourth-order valence-electron chi connectivity index (χ4n) is 5.02. The molecule has 5 aromatic carbocycles. The van der Waals surface area contributed by atoms with Crippen molar-refractivity contribution in [3.05, 3.63) is 127 Å². The van der Waals surface area contributed by atoms with Crippen LogP contribution < -0.4 is 0 Å². The first-order chi connectivity index (χ1) is 16.9. The van der Waals surface area contributed by atoms with Crippen molar-refractivity contribution in [2.75, 3.05) is 0 Å². The van der Waals surface area contributed by atoms with Crippen LogP contribution in [-0.4, -0.2) is 14.1 Å². The molecule has 0 spiro atoms. The van der Waals surface area contributed by atoms with Gasteiger partial charge in [-0.2, -0.15) is 0 Å². The predicted molar refractivity (Wildman–Crippen MR) is 141 cm³/mol. The molecular weight excluding hydrogens is 414 g/mol. The van der Waals surface area contributed by atoms with Crippen molar-refractivity contribution in [2.45, 2.75) is 0 Å². The molecule has 7 rings (SSSR count). The monoisotopic (exact) mass is 435 g/mol. The van der Waals surface area contributed by atoms with E-state index in [0.29, 0.717) is 0 Å². The largest absolute Gasteiger partial charge is 0.309 e. The van der Waals surface area contributed by atoms with Crippen LogP contribution in [0.5, 0.6) is 0 Å². The molecule has 0 amide bonds. The zero-order valence-corrected chi connectivity index (χ0v) is 18.5. The average molecular weight is 436 g/mol. The van der Waals surface area contributed by atoms with Gasteiger partial charge in [0.15, 0.2) is 0 Å². The van der Waals surface area contributed by atoms with E-state index in [1.54, 1.807) is 0 Å². The smallest absolute Gasteiger partial charge is 0.145 e. The Bertz CT molecular complexity index is 1740. The summed E-state index contributed by atoms with van der Waals surface area (Å²) in [7, 11) is 0. The van der Waals surface area contributed by atoms with Crippen LogP contribution in [-0.2, 0) is 0 Å². The van der Waals surface area contributed by atoms with Gasteiger partial charge in [0.05, 0.1) is 22.1 Å². The van der Waals surface area contributed by atoms with Gasteiger partial charge < -0.3 is 4.57 Å². The van der Waals surface area contributed by atoms with Crippen molar-refractivity contribution in [1.82, 2.24) is 14.1 Å². The predicted octanol–water partition coefficient (Wildman–Crippen LogP) is 7.79. The summed E-state index contributed by atoms with van der Waals surface area (Å²) in [4.78, 5) is 5.06. The van der Waals surface area contributed by atoms with E-state index < -0.39 is 0 Å². The fraction of sp³-hybridized carbons (Fsp3) is 0. The molecule has 0 atom stereocenters. The molecule has 0 saturated carbocycles. The second-order valence-corrected chi connectivity index (χ2v) is 8.52. The van der Waals surface area contributed by atoms with Gasteiger partial charge in [-0.3, -0.25) is 4.57 Å². The van der Waals surface area contributed by atoms with Crippen molar-refractivity contribution in [1.29, 1.82) is 0 Å². The molecule has 0 fully saturated rings. The Morgan fingerprint density at radius 3 is 1.71 bits per heavy atom. The Morgan fingerprint density at radius 2 is 1.03 bits per heavy atom.